The van der Waals surface area contributed by atoms with E-state index >= 15 is 0 Å². The molecule has 0 saturated carbocycles. The summed E-state index contributed by atoms with van der Waals surface area (Å²) in [6.45, 7) is 2.94. The lowest BCUT2D eigenvalue weighted by molar-refractivity contribution is 0.0667. The minimum absolute atomic E-state index is 0. The number of aromatic nitrogens is 2. The van der Waals surface area contributed by atoms with Gasteiger partial charge in [-0.25, -0.2) is 4.79 Å². The highest BCUT2D eigenvalue weighted by molar-refractivity contribution is 5.85. The van der Waals surface area contributed by atoms with E-state index in [2.05, 4.69) is 4.90 Å². The van der Waals surface area contributed by atoms with Crippen LogP contribution in [-0.2, 0) is 14.1 Å². The van der Waals surface area contributed by atoms with Crippen molar-refractivity contribution in [2.24, 2.45) is 14.1 Å². The second kappa shape index (κ2) is 11.9. The van der Waals surface area contributed by atoms with Gasteiger partial charge in [-0.3, -0.25) is 23.6 Å². The van der Waals surface area contributed by atoms with Gasteiger partial charge in [0.25, 0.3) is 5.56 Å². The molecular formula is C28H31ClN4O6. The Hall–Kier alpha value is -3.86. The number of anilines is 1. The van der Waals surface area contributed by atoms with E-state index in [-0.39, 0.29) is 35.7 Å². The highest BCUT2D eigenvalue weighted by Crippen LogP contribution is 2.27. The Morgan fingerprint density at radius 2 is 1.64 bits per heavy atom. The van der Waals surface area contributed by atoms with Crippen molar-refractivity contribution >= 4 is 29.2 Å². The fourth-order valence-electron chi connectivity index (χ4n) is 4.76. The fraction of sp³-hybridized carbons (Fsp3) is 0.321. The van der Waals surface area contributed by atoms with E-state index in [1.54, 1.807) is 25.2 Å². The largest absolute Gasteiger partial charge is 0.490 e. The third-order valence-corrected chi connectivity index (χ3v) is 6.87. The van der Waals surface area contributed by atoms with Crippen molar-refractivity contribution in [1.29, 1.82) is 0 Å². The monoisotopic (exact) mass is 554 g/mol. The zero-order chi connectivity index (χ0) is 26.8. The molecule has 1 saturated heterocycles. The van der Waals surface area contributed by atoms with Crippen LogP contribution in [-0.4, -0.2) is 64.6 Å². The molecule has 3 heterocycles. The first-order valence-corrected chi connectivity index (χ1v) is 12.5. The van der Waals surface area contributed by atoms with E-state index < -0.39 is 6.10 Å². The normalized spacial score (nSPS) is 14.7. The Morgan fingerprint density at radius 3 is 2.36 bits per heavy atom. The molecule has 1 unspecified atom stereocenters. The van der Waals surface area contributed by atoms with Crippen LogP contribution in [0.5, 0.6) is 5.75 Å². The summed E-state index contributed by atoms with van der Waals surface area (Å²) in [5.41, 5.74) is 0.324. The molecule has 1 aliphatic heterocycles. The molecule has 0 spiro atoms. The maximum absolute atomic E-state index is 12.9. The zero-order valence-electron chi connectivity index (χ0n) is 21.8. The van der Waals surface area contributed by atoms with E-state index in [1.165, 1.54) is 23.7 Å². The number of halogens is 1. The number of fused-ring (bicyclic) bond motifs is 1. The van der Waals surface area contributed by atoms with Crippen LogP contribution in [0, 0.1) is 0 Å². The molecule has 2 aromatic heterocycles. The Bertz CT molecular complexity index is 1620. The van der Waals surface area contributed by atoms with Gasteiger partial charge in [-0.15, -0.1) is 12.4 Å². The van der Waals surface area contributed by atoms with Crippen molar-refractivity contribution in [3.63, 3.8) is 0 Å². The van der Waals surface area contributed by atoms with Gasteiger partial charge in [-0.2, -0.15) is 0 Å². The van der Waals surface area contributed by atoms with Crippen LogP contribution < -0.4 is 26.3 Å². The Morgan fingerprint density at radius 1 is 0.923 bits per heavy atom. The van der Waals surface area contributed by atoms with Gasteiger partial charge in [-0.1, -0.05) is 36.4 Å². The summed E-state index contributed by atoms with van der Waals surface area (Å²) >= 11 is 0. The van der Waals surface area contributed by atoms with Crippen molar-refractivity contribution in [3.05, 3.63) is 91.7 Å². The maximum Gasteiger partial charge on any atom is 0.332 e. The lowest BCUT2D eigenvalue weighted by Crippen LogP contribution is -2.51. The Kier molecular flexibility index (Phi) is 8.59. The van der Waals surface area contributed by atoms with Gasteiger partial charge in [0, 0.05) is 64.5 Å². The Balaban J connectivity index is 0.00000353. The van der Waals surface area contributed by atoms with E-state index in [1.807, 2.05) is 35.2 Å². The molecule has 206 valence electrons. The average Bonchev–Trinajstić information content (AvgIpc) is 2.93. The number of aliphatic hydroxyl groups excluding tert-OH is 1. The highest BCUT2D eigenvalue weighted by Gasteiger charge is 2.22. The van der Waals surface area contributed by atoms with Crippen LogP contribution in [0.25, 0.3) is 22.3 Å². The number of β-amino-alcohol motifs (C(OH)–C–C–N with tert-alkyl or cyclic N) is 1. The van der Waals surface area contributed by atoms with Gasteiger partial charge in [0.2, 0.25) is 0 Å². The molecule has 39 heavy (non-hydrogen) atoms. The molecule has 0 radical (unpaired) electrons. The smallest absolute Gasteiger partial charge is 0.332 e. The number of rotatable bonds is 7. The molecular weight excluding hydrogens is 524 g/mol. The molecule has 2 aromatic carbocycles. The van der Waals surface area contributed by atoms with Crippen molar-refractivity contribution in [1.82, 2.24) is 14.0 Å². The summed E-state index contributed by atoms with van der Waals surface area (Å²) in [6, 6.07) is 17.5. The third kappa shape index (κ3) is 5.93. The molecule has 11 heteroatoms. The van der Waals surface area contributed by atoms with Crippen molar-refractivity contribution in [3.8, 4) is 17.1 Å². The number of hydrogen-bond acceptors (Lipinski definition) is 8. The predicted octanol–water partition coefficient (Wildman–Crippen LogP) is 1.84. The number of piperazine rings is 1. The third-order valence-electron chi connectivity index (χ3n) is 6.87. The molecule has 1 fully saturated rings. The summed E-state index contributed by atoms with van der Waals surface area (Å²) < 4.78 is 14.4. The highest BCUT2D eigenvalue weighted by atomic mass is 35.5. The van der Waals surface area contributed by atoms with Gasteiger partial charge in [-0.05, 0) is 12.1 Å². The van der Waals surface area contributed by atoms with E-state index in [9.17, 15) is 19.5 Å². The molecule has 4 aromatic rings. The summed E-state index contributed by atoms with van der Waals surface area (Å²) in [6.07, 6.45) is -0.777. The average molecular weight is 555 g/mol. The maximum atomic E-state index is 12.9. The number of hydrogen-bond donors (Lipinski definition) is 1. The first kappa shape index (κ1) is 28.2. The predicted molar refractivity (Wildman–Crippen MR) is 152 cm³/mol. The van der Waals surface area contributed by atoms with Crippen LogP contribution in [0.4, 0.5) is 5.82 Å². The van der Waals surface area contributed by atoms with Gasteiger partial charge in [0.1, 0.15) is 41.0 Å². The van der Waals surface area contributed by atoms with Gasteiger partial charge in [0.15, 0.2) is 5.43 Å². The van der Waals surface area contributed by atoms with Crippen LogP contribution in [0.15, 0.2) is 79.5 Å². The van der Waals surface area contributed by atoms with Gasteiger partial charge in [0.05, 0.1) is 0 Å². The molecule has 1 N–H and O–H groups in total. The lowest BCUT2D eigenvalue weighted by atomic mass is 10.1. The second-order valence-corrected chi connectivity index (χ2v) is 9.46. The van der Waals surface area contributed by atoms with E-state index in [0.717, 1.165) is 10.1 Å². The summed E-state index contributed by atoms with van der Waals surface area (Å²) in [5.74, 6) is 1.44. The van der Waals surface area contributed by atoms with E-state index in [0.29, 0.717) is 61.0 Å². The quantitative estimate of drug-likeness (QED) is 0.368. The minimum Gasteiger partial charge on any atom is -0.490 e. The van der Waals surface area contributed by atoms with Gasteiger partial charge >= 0.3 is 5.69 Å². The summed E-state index contributed by atoms with van der Waals surface area (Å²) in [5, 5.41) is 11.0. The number of aliphatic hydroxyl groups is 1. The summed E-state index contributed by atoms with van der Waals surface area (Å²) in [4.78, 5) is 41.4. The van der Waals surface area contributed by atoms with Crippen LogP contribution >= 0.6 is 12.4 Å². The SMILES string of the molecule is Cl.Cn1c(N2CCN(CC(O)COc3cccc4oc(-c5ccccc5)cc(=O)c34)CC2)cc(=O)n(C)c1=O. The summed E-state index contributed by atoms with van der Waals surface area (Å²) in [7, 11) is 3.11. The van der Waals surface area contributed by atoms with Crippen molar-refractivity contribution < 1.29 is 14.3 Å². The molecule has 0 aliphatic carbocycles. The standard InChI is InChI=1S/C28H30N4O6.ClH/c1-29-25(16-26(35)30(2)28(29)36)32-13-11-31(12-14-32)17-20(33)18-37-22-9-6-10-23-27(22)21(34)15-24(38-23)19-7-4-3-5-8-19;/h3-10,15-16,20,33H,11-14,17-18H2,1-2H3;1H. The number of nitrogens with zero attached hydrogens (tertiary/aromatic N) is 4. The first-order valence-electron chi connectivity index (χ1n) is 12.5. The molecule has 0 amide bonds. The molecule has 5 rings (SSSR count). The molecule has 1 atom stereocenters. The Labute approximate surface area is 230 Å². The lowest BCUT2D eigenvalue weighted by Gasteiger charge is -2.37. The van der Waals surface area contributed by atoms with Crippen LogP contribution in [0.3, 0.4) is 0 Å². The zero-order valence-corrected chi connectivity index (χ0v) is 22.6. The van der Waals surface area contributed by atoms with Crippen molar-refractivity contribution in [2.75, 3.05) is 44.2 Å². The minimum atomic E-state index is -0.777. The topological polar surface area (TPSA) is 110 Å². The molecule has 1 aliphatic rings. The second-order valence-electron chi connectivity index (χ2n) is 9.46. The van der Waals surface area contributed by atoms with E-state index in [4.69, 9.17) is 9.15 Å². The number of ether oxygens (including phenoxy) is 1. The van der Waals surface area contributed by atoms with Crippen molar-refractivity contribution in [2.45, 2.75) is 6.10 Å². The number of benzene rings is 2. The first-order chi connectivity index (χ1) is 18.3. The van der Waals surface area contributed by atoms with Crippen LogP contribution in [0.1, 0.15) is 0 Å². The molecule has 0 bridgehead atoms. The van der Waals surface area contributed by atoms with Gasteiger partial charge < -0.3 is 19.2 Å². The fourth-order valence-corrected chi connectivity index (χ4v) is 4.76. The molecule has 10 nitrogen and oxygen atoms in total. The van der Waals surface area contributed by atoms with Crippen LogP contribution in [0.2, 0.25) is 0 Å².